The summed E-state index contributed by atoms with van der Waals surface area (Å²) in [6.45, 7) is 2.79. The van der Waals surface area contributed by atoms with Gasteiger partial charge in [0.15, 0.2) is 11.5 Å². The van der Waals surface area contributed by atoms with Crippen LogP contribution in [0.1, 0.15) is 25.0 Å². The topological polar surface area (TPSA) is 84.0 Å². The molecule has 0 fully saturated rings. The van der Waals surface area contributed by atoms with Gasteiger partial charge in [0.1, 0.15) is 13.2 Å². The van der Waals surface area contributed by atoms with E-state index >= 15 is 0 Å². The molecule has 2 aromatic carbocycles. The van der Waals surface area contributed by atoms with Crippen molar-refractivity contribution in [1.82, 2.24) is 4.98 Å². The summed E-state index contributed by atoms with van der Waals surface area (Å²) in [6, 6.07) is 9.41. The van der Waals surface area contributed by atoms with E-state index in [4.69, 9.17) is 18.9 Å². The predicted molar refractivity (Wildman–Crippen MR) is 111 cm³/mol. The van der Waals surface area contributed by atoms with Crippen molar-refractivity contribution < 1.29 is 28.5 Å². The number of aromatic nitrogens is 1. The monoisotopic (exact) mass is 409 g/mol. The first-order chi connectivity index (χ1) is 14.4. The second kappa shape index (κ2) is 9.26. The fourth-order valence-electron chi connectivity index (χ4n) is 3.32. The molecular weight excluding hydrogens is 386 g/mol. The number of methoxy groups -OCH3 is 2. The highest BCUT2D eigenvalue weighted by Crippen LogP contribution is 2.40. The van der Waals surface area contributed by atoms with Crippen LogP contribution in [0, 0.1) is 0 Å². The van der Waals surface area contributed by atoms with Crippen molar-refractivity contribution >= 4 is 22.7 Å². The van der Waals surface area contributed by atoms with Crippen molar-refractivity contribution in [2.24, 2.45) is 0 Å². The summed E-state index contributed by atoms with van der Waals surface area (Å²) in [5.41, 5.74) is 3.21. The number of hydrogen-bond acceptors (Lipinski definition) is 7. The highest BCUT2D eigenvalue weighted by Gasteiger charge is 2.19. The maximum Gasteiger partial charge on any atom is 0.302 e. The molecule has 7 nitrogen and oxygen atoms in total. The minimum absolute atomic E-state index is 0.0356. The normalized spacial score (nSPS) is 10.5. The standard InChI is InChI=1S/C23H23NO6/c1-14(25)29-12-18-9-17-10-21(27-3)22(28-4)11-19(17)23(16-5-7-24-8-6-16)20(18)13-30-15(2)26/h5-11H,12-13H2,1-4H3. The first kappa shape index (κ1) is 21.1. The van der Waals surface area contributed by atoms with Gasteiger partial charge in [-0.3, -0.25) is 14.6 Å². The van der Waals surface area contributed by atoms with E-state index in [1.54, 1.807) is 26.6 Å². The Labute approximate surface area is 174 Å². The molecule has 3 rings (SSSR count). The van der Waals surface area contributed by atoms with Gasteiger partial charge in [-0.05, 0) is 57.8 Å². The zero-order valence-corrected chi connectivity index (χ0v) is 17.4. The predicted octanol–water partition coefficient (Wildman–Crippen LogP) is 4.05. The van der Waals surface area contributed by atoms with Gasteiger partial charge in [-0.1, -0.05) is 0 Å². The molecule has 0 spiro atoms. The molecule has 3 aromatic rings. The summed E-state index contributed by atoms with van der Waals surface area (Å²) >= 11 is 0. The second-order valence-electron chi connectivity index (χ2n) is 6.61. The average molecular weight is 409 g/mol. The number of carbonyl (C=O) groups is 2. The quantitative estimate of drug-likeness (QED) is 0.545. The van der Waals surface area contributed by atoms with Gasteiger partial charge in [-0.15, -0.1) is 0 Å². The molecule has 156 valence electrons. The van der Waals surface area contributed by atoms with Crippen LogP contribution in [0.5, 0.6) is 11.5 Å². The van der Waals surface area contributed by atoms with Gasteiger partial charge >= 0.3 is 11.9 Å². The van der Waals surface area contributed by atoms with Gasteiger partial charge in [0.25, 0.3) is 0 Å². The van der Waals surface area contributed by atoms with E-state index in [2.05, 4.69) is 4.98 Å². The van der Waals surface area contributed by atoms with Crippen LogP contribution in [0.15, 0.2) is 42.7 Å². The summed E-state index contributed by atoms with van der Waals surface area (Å²) < 4.78 is 21.5. The largest absolute Gasteiger partial charge is 0.493 e. The Morgan fingerprint density at radius 2 is 1.47 bits per heavy atom. The Bertz CT molecular complexity index is 1080. The van der Waals surface area contributed by atoms with Crippen LogP contribution in [0.3, 0.4) is 0 Å². The number of esters is 2. The smallest absolute Gasteiger partial charge is 0.302 e. The summed E-state index contributed by atoms with van der Waals surface area (Å²) in [7, 11) is 3.15. The fraction of sp³-hybridized carbons (Fsp3) is 0.261. The van der Waals surface area contributed by atoms with Crippen LogP contribution < -0.4 is 9.47 Å². The van der Waals surface area contributed by atoms with E-state index in [9.17, 15) is 9.59 Å². The fourth-order valence-corrected chi connectivity index (χ4v) is 3.32. The number of ether oxygens (including phenoxy) is 4. The molecule has 0 unspecified atom stereocenters. The van der Waals surface area contributed by atoms with E-state index in [1.807, 2.05) is 30.3 Å². The third-order valence-electron chi connectivity index (χ3n) is 4.66. The summed E-state index contributed by atoms with van der Waals surface area (Å²) in [4.78, 5) is 27.1. The van der Waals surface area contributed by atoms with Crippen molar-refractivity contribution in [1.29, 1.82) is 0 Å². The van der Waals surface area contributed by atoms with Crippen LogP contribution in [0.4, 0.5) is 0 Å². The highest BCUT2D eigenvalue weighted by atomic mass is 16.5. The number of pyridine rings is 1. The highest BCUT2D eigenvalue weighted by molar-refractivity contribution is 6.01. The molecule has 0 aliphatic rings. The zero-order chi connectivity index (χ0) is 21.7. The van der Waals surface area contributed by atoms with Gasteiger partial charge in [0, 0.05) is 31.8 Å². The SMILES string of the molecule is COc1cc2cc(COC(C)=O)c(COC(C)=O)c(-c3ccncc3)c2cc1OC. The van der Waals surface area contributed by atoms with Gasteiger partial charge in [0.2, 0.25) is 0 Å². The minimum atomic E-state index is -0.401. The van der Waals surface area contributed by atoms with Gasteiger partial charge < -0.3 is 18.9 Å². The third kappa shape index (κ3) is 4.51. The summed E-state index contributed by atoms with van der Waals surface area (Å²) in [6.07, 6.45) is 3.38. The lowest BCUT2D eigenvalue weighted by molar-refractivity contribution is -0.143. The molecule has 0 aliphatic carbocycles. The number of rotatable bonds is 7. The van der Waals surface area contributed by atoms with Crippen LogP contribution in [-0.2, 0) is 32.3 Å². The second-order valence-corrected chi connectivity index (χ2v) is 6.61. The molecule has 30 heavy (non-hydrogen) atoms. The molecule has 1 heterocycles. The van der Waals surface area contributed by atoms with Crippen LogP contribution in [-0.4, -0.2) is 31.1 Å². The Morgan fingerprint density at radius 1 is 0.867 bits per heavy atom. The van der Waals surface area contributed by atoms with Crippen LogP contribution in [0.2, 0.25) is 0 Å². The summed E-state index contributed by atoms with van der Waals surface area (Å²) in [5, 5.41) is 1.75. The number of carbonyl (C=O) groups excluding carboxylic acids is 2. The van der Waals surface area contributed by atoms with E-state index in [0.717, 1.165) is 33.0 Å². The number of hydrogen-bond donors (Lipinski definition) is 0. The van der Waals surface area contributed by atoms with E-state index in [1.165, 1.54) is 13.8 Å². The van der Waals surface area contributed by atoms with E-state index < -0.39 is 11.9 Å². The third-order valence-corrected chi connectivity index (χ3v) is 4.66. The van der Waals surface area contributed by atoms with Gasteiger partial charge in [0.05, 0.1) is 14.2 Å². The number of benzene rings is 2. The van der Waals surface area contributed by atoms with Crippen LogP contribution in [0.25, 0.3) is 21.9 Å². The van der Waals surface area contributed by atoms with Crippen molar-refractivity contribution in [2.75, 3.05) is 14.2 Å². The molecular formula is C23H23NO6. The molecule has 7 heteroatoms. The van der Waals surface area contributed by atoms with E-state index in [-0.39, 0.29) is 13.2 Å². The lowest BCUT2D eigenvalue weighted by atomic mass is 9.90. The maximum absolute atomic E-state index is 11.5. The maximum atomic E-state index is 11.5. The Morgan fingerprint density at radius 3 is 2.07 bits per heavy atom. The van der Waals surface area contributed by atoms with E-state index in [0.29, 0.717) is 11.5 Å². The van der Waals surface area contributed by atoms with Gasteiger partial charge in [-0.25, -0.2) is 0 Å². The Kier molecular flexibility index (Phi) is 6.51. The van der Waals surface area contributed by atoms with Crippen molar-refractivity contribution in [3.63, 3.8) is 0 Å². The molecule has 0 saturated heterocycles. The van der Waals surface area contributed by atoms with Crippen molar-refractivity contribution in [2.45, 2.75) is 27.1 Å². The number of nitrogens with zero attached hydrogens (tertiary/aromatic N) is 1. The van der Waals surface area contributed by atoms with Crippen molar-refractivity contribution in [3.8, 4) is 22.6 Å². The Balaban J connectivity index is 2.35. The molecule has 0 bridgehead atoms. The van der Waals surface area contributed by atoms with Crippen LogP contribution >= 0.6 is 0 Å². The average Bonchev–Trinajstić information content (AvgIpc) is 2.74. The lowest BCUT2D eigenvalue weighted by Crippen LogP contribution is -2.08. The van der Waals surface area contributed by atoms with Gasteiger partial charge in [-0.2, -0.15) is 0 Å². The molecule has 0 N–H and O–H groups in total. The molecule has 0 radical (unpaired) electrons. The molecule has 0 amide bonds. The molecule has 0 aliphatic heterocycles. The summed E-state index contributed by atoms with van der Waals surface area (Å²) in [5.74, 6) is 0.358. The molecule has 0 saturated carbocycles. The molecule has 1 aromatic heterocycles. The van der Waals surface area contributed by atoms with Crippen molar-refractivity contribution in [3.05, 3.63) is 53.9 Å². The first-order valence-corrected chi connectivity index (χ1v) is 9.32. The Hall–Kier alpha value is -3.61. The minimum Gasteiger partial charge on any atom is -0.493 e. The molecule has 0 atom stereocenters. The zero-order valence-electron chi connectivity index (χ0n) is 17.4. The first-order valence-electron chi connectivity index (χ1n) is 9.32. The lowest BCUT2D eigenvalue weighted by Gasteiger charge is -2.20. The number of fused-ring (bicyclic) bond motifs is 1.